The van der Waals surface area contributed by atoms with Crippen molar-refractivity contribution in [2.24, 2.45) is 0 Å². The molecular weight excluding hydrogens is 324 g/mol. The molecule has 1 atom stereocenters. The minimum absolute atomic E-state index is 0.190. The predicted molar refractivity (Wildman–Crippen MR) is 90.4 cm³/mol. The molecule has 8 heteroatoms. The van der Waals surface area contributed by atoms with Crippen molar-refractivity contribution < 1.29 is 19.2 Å². The van der Waals surface area contributed by atoms with Crippen LogP contribution < -0.4 is 16.0 Å². The van der Waals surface area contributed by atoms with Crippen LogP contribution in [-0.2, 0) is 15.1 Å². The van der Waals surface area contributed by atoms with E-state index in [0.717, 1.165) is 4.90 Å². The Morgan fingerprint density at radius 3 is 2.56 bits per heavy atom. The lowest BCUT2D eigenvalue weighted by molar-refractivity contribution is -0.135. The van der Waals surface area contributed by atoms with Gasteiger partial charge in [-0.2, -0.15) is 0 Å². The van der Waals surface area contributed by atoms with Crippen LogP contribution in [0.4, 0.5) is 9.59 Å². The first-order chi connectivity index (χ1) is 11.9. The second kappa shape index (κ2) is 7.61. The summed E-state index contributed by atoms with van der Waals surface area (Å²) in [6, 6.07) is 7.44. The molecule has 0 saturated carbocycles. The average Bonchev–Trinajstić information content (AvgIpc) is 2.85. The van der Waals surface area contributed by atoms with Gasteiger partial charge >= 0.3 is 12.1 Å². The van der Waals surface area contributed by atoms with Gasteiger partial charge in [0, 0.05) is 6.54 Å². The molecule has 0 aliphatic carbocycles. The first-order valence-corrected chi connectivity index (χ1v) is 7.82. The van der Waals surface area contributed by atoms with Gasteiger partial charge < -0.3 is 10.6 Å². The average molecular weight is 344 g/mol. The zero-order valence-electron chi connectivity index (χ0n) is 13.9. The van der Waals surface area contributed by atoms with Crippen LogP contribution in [0.2, 0.25) is 0 Å². The normalized spacial score (nSPS) is 19.3. The Kier molecular flexibility index (Phi) is 5.53. The maximum atomic E-state index is 12.8. The zero-order valence-corrected chi connectivity index (χ0v) is 13.9. The molecule has 3 N–H and O–H groups in total. The van der Waals surface area contributed by atoms with E-state index >= 15 is 0 Å². The number of rotatable bonds is 6. The number of imide groups is 2. The second-order valence-electron chi connectivity index (χ2n) is 5.49. The summed E-state index contributed by atoms with van der Waals surface area (Å²) in [6.45, 7) is 4.86. The molecule has 6 amide bonds. The van der Waals surface area contributed by atoms with Gasteiger partial charge in [-0.05, 0) is 12.0 Å². The summed E-state index contributed by atoms with van der Waals surface area (Å²) in [4.78, 5) is 49.2. The standard InChI is InChI=1S/C17H20N4O4/c1-3-10-18-15(24)19-13(22)11-21-14(23)17(4-2,20-16(21)25)12-8-6-5-7-9-12/h3,5-9H,1,4,10-11H2,2H3,(H,20,25)(H2,18,19,22,24)/t17-/m1/s1. The molecule has 25 heavy (non-hydrogen) atoms. The monoisotopic (exact) mass is 344 g/mol. The molecule has 1 aromatic carbocycles. The molecule has 0 bridgehead atoms. The lowest BCUT2D eigenvalue weighted by Gasteiger charge is -2.25. The van der Waals surface area contributed by atoms with Crippen molar-refractivity contribution in [3.05, 3.63) is 48.6 Å². The maximum absolute atomic E-state index is 12.8. The highest BCUT2D eigenvalue weighted by Crippen LogP contribution is 2.32. The molecule has 1 heterocycles. The van der Waals surface area contributed by atoms with E-state index in [9.17, 15) is 19.2 Å². The Labute approximate surface area is 145 Å². The van der Waals surface area contributed by atoms with Crippen molar-refractivity contribution in [1.82, 2.24) is 20.9 Å². The third kappa shape index (κ3) is 3.68. The number of amides is 6. The summed E-state index contributed by atoms with van der Waals surface area (Å²) in [7, 11) is 0. The van der Waals surface area contributed by atoms with Crippen LogP contribution in [0.15, 0.2) is 43.0 Å². The maximum Gasteiger partial charge on any atom is 0.325 e. The highest BCUT2D eigenvalue weighted by Gasteiger charge is 2.51. The van der Waals surface area contributed by atoms with Crippen LogP contribution in [-0.4, -0.2) is 41.9 Å². The molecule has 1 aliphatic heterocycles. The van der Waals surface area contributed by atoms with E-state index in [4.69, 9.17) is 0 Å². The number of nitrogens with one attached hydrogen (secondary N) is 3. The van der Waals surface area contributed by atoms with Crippen LogP contribution in [0.5, 0.6) is 0 Å². The molecule has 2 rings (SSSR count). The number of nitrogens with zero attached hydrogens (tertiary/aromatic N) is 1. The van der Waals surface area contributed by atoms with Gasteiger partial charge in [0.1, 0.15) is 12.1 Å². The molecular formula is C17H20N4O4. The molecule has 0 spiro atoms. The molecule has 1 aromatic rings. The van der Waals surface area contributed by atoms with Crippen LogP contribution in [0.25, 0.3) is 0 Å². The Balaban J connectivity index is 2.12. The molecule has 0 unspecified atom stereocenters. The van der Waals surface area contributed by atoms with Gasteiger partial charge in [-0.3, -0.25) is 19.8 Å². The van der Waals surface area contributed by atoms with E-state index in [1.165, 1.54) is 6.08 Å². The number of carbonyl (C=O) groups is 4. The van der Waals surface area contributed by atoms with E-state index in [2.05, 4.69) is 22.5 Å². The molecule has 1 aliphatic rings. The third-order valence-electron chi connectivity index (χ3n) is 3.93. The Morgan fingerprint density at radius 2 is 1.96 bits per heavy atom. The predicted octanol–water partition coefficient (Wildman–Crippen LogP) is 0.855. The Bertz CT molecular complexity index is 704. The van der Waals surface area contributed by atoms with Crippen LogP contribution in [0.3, 0.4) is 0 Å². The first kappa shape index (κ1) is 18.2. The van der Waals surface area contributed by atoms with Crippen molar-refractivity contribution in [1.29, 1.82) is 0 Å². The number of hydrogen-bond donors (Lipinski definition) is 3. The number of urea groups is 2. The Morgan fingerprint density at radius 1 is 1.28 bits per heavy atom. The fourth-order valence-corrected chi connectivity index (χ4v) is 2.65. The first-order valence-electron chi connectivity index (χ1n) is 7.82. The SMILES string of the molecule is C=CCNC(=O)NC(=O)CN1C(=O)N[C@](CC)(c2ccccc2)C1=O. The van der Waals surface area contributed by atoms with Gasteiger partial charge in [0.2, 0.25) is 5.91 Å². The van der Waals surface area contributed by atoms with Crippen molar-refractivity contribution in [3.8, 4) is 0 Å². The van der Waals surface area contributed by atoms with Gasteiger partial charge in [-0.15, -0.1) is 6.58 Å². The molecule has 0 radical (unpaired) electrons. The fraction of sp³-hybridized carbons (Fsp3) is 0.294. The quantitative estimate of drug-likeness (QED) is 0.525. The van der Waals surface area contributed by atoms with E-state index in [1.807, 2.05) is 0 Å². The Hall–Kier alpha value is -3.16. The van der Waals surface area contributed by atoms with Gasteiger partial charge in [-0.1, -0.05) is 43.3 Å². The largest absolute Gasteiger partial charge is 0.334 e. The summed E-state index contributed by atoms with van der Waals surface area (Å²) in [5.74, 6) is -1.28. The van der Waals surface area contributed by atoms with E-state index < -0.39 is 36.0 Å². The van der Waals surface area contributed by atoms with E-state index in [1.54, 1.807) is 37.3 Å². The highest BCUT2D eigenvalue weighted by atomic mass is 16.2. The van der Waals surface area contributed by atoms with Gasteiger partial charge in [-0.25, -0.2) is 9.59 Å². The second-order valence-corrected chi connectivity index (χ2v) is 5.49. The number of carbonyl (C=O) groups excluding carboxylic acids is 4. The lowest BCUT2D eigenvalue weighted by Crippen LogP contribution is -2.47. The molecule has 132 valence electrons. The van der Waals surface area contributed by atoms with Crippen molar-refractivity contribution in [2.75, 3.05) is 13.1 Å². The molecule has 1 saturated heterocycles. The van der Waals surface area contributed by atoms with Crippen molar-refractivity contribution >= 4 is 23.9 Å². The van der Waals surface area contributed by atoms with Gasteiger partial charge in [0.25, 0.3) is 5.91 Å². The van der Waals surface area contributed by atoms with Crippen molar-refractivity contribution in [2.45, 2.75) is 18.9 Å². The summed E-state index contributed by atoms with van der Waals surface area (Å²) >= 11 is 0. The minimum atomic E-state index is -1.20. The van der Waals surface area contributed by atoms with E-state index in [0.29, 0.717) is 12.0 Å². The summed E-state index contributed by atoms with van der Waals surface area (Å²) in [5.41, 5.74) is -0.563. The van der Waals surface area contributed by atoms with Crippen LogP contribution in [0, 0.1) is 0 Å². The fourth-order valence-electron chi connectivity index (χ4n) is 2.65. The smallest absolute Gasteiger partial charge is 0.325 e. The van der Waals surface area contributed by atoms with Crippen molar-refractivity contribution in [3.63, 3.8) is 0 Å². The highest BCUT2D eigenvalue weighted by molar-refractivity contribution is 6.10. The number of hydrogen-bond acceptors (Lipinski definition) is 4. The molecule has 1 fully saturated rings. The zero-order chi connectivity index (χ0) is 18.4. The van der Waals surface area contributed by atoms with Gasteiger partial charge in [0.15, 0.2) is 0 Å². The van der Waals surface area contributed by atoms with Crippen LogP contribution >= 0.6 is 0 Å². The molecule has 8 nitrogen and oxygen atoms in total. The number of benzene rings is 1. The van der Waals surface area contributed by atoms with Crippen LogP contribution in [0.1, 0.15) is 18.9 Å². The summed E-state index contributed by atoms with van der Waals surface area (Å²) in [5, 5.41) is 7.10. The van der Waals surface area contributed by atoms with Gasteiger partial charge in [0.05, 0.1) is 0 Å². The topological polar surface area (TPSA) is 108 Å². The third-order valence-corrected chi connectivity index (χ3v) is 3.93. The lowest BCUT2D eigenvalue weighted by atomic mass is 9.87. The minimum Gasteiger partial charge on any atom is -0.334 e. The summed E-state index contributed by atoms with van der Waals surface area (Å²) < 4.78 is 0. The van der Waals surface area contributed by atoms with E-state index in [-0.39, 0.29) is 6.54 Å². The summed E-state index contributed by atoms with van der Waals surface area (Å²) in [6.07, 6.45) is 1.79. The molecule has 0 aromatic heterocycles.